The summed E-state index contributed by atoms with van der Waals surface area (Å²) in [5, 5.41) is 2.50. The standard InChI is InChI=1S/C15H14N2O3/c1-11-4-2-3-5-13(11)20-14(18)10-17-15(19)12-6-8-16-9-7-12/h2-9H,10H2,1H3,(H,17,19). The molecule has 102 valence electrons. The summed E-state index contributed by atoms with van der Waals surface area (Å²) in [6.07, 6.45) is 3.03. The summed E-state index contributed by atoms with van der Waals surface area (Å²) in [4.78, 5) is 27.2. The highest BCUT2D eigenvalue weighted by Gasteiger charge is 2.10. The Morgan fingerprint density at radius 1 is 1.15 bits per heavy atom. The van der Waals surface area contributed by atoms with E-state index < -0.39 is 5.97 Å². The fourth-order valence-electron chi connectivity index (χ4n) is 1.59. The van der Waals surface area contributed by atoms with Gasteiger partial charge in [-0.15, -0.1) is 0 Å². The van der Waals surface area contributed by atoms with E-state index in [0.717, 1.165) is 5.56 Å². The fraction of sp³-hybridized carbons (Fsp3) is 0.133. The van der Waals surface area contributed by atoms with E-state index in [0.29, 0.717) is 11.3 Å². The van der Waals surface area contributed by atoms with Gasteiger partial charge in [-0.05, 0) is 30.7 Å². The molecule has 0 aliphatic heterocycles. The molecule has 1 aromatic carbocycles. The molecule has 0 bridgehead atoms. The first-order valence-electron chi connectivity index (χ1n) is 6.11. The zero-order valence-corrected chi connectivity index (χ0v) is 11.0. The summed E-state index contributed by atoms with van der Waals surface area (Å²) >= 11 is 0. The second-order valence-electron chi connectivity index (χ2n) is 4.16. The molecule has 1 aromatic heterocycles. The molecule has 0 radical (unpaired) electrons. The van der Waals surface area contributed by atoms with Crippen LogP contribution in [0, 0.1) is 6.92 Å². The zero-order valence-electron chi connectivity index (χ0n) is 11.0. The van der Waals surface area contributed by atoms with E-state index in [4.69, 9.17) is 4.74 Å². The largest absolute Gasteiger partial charge is 0.425 e. The van der Waals surface area contributed by atoms with E-state index >= 15 is 0 Å². The molecule has 20 heavy (non-hydrogen) atoms. The predicted octanol–water partition coefficient (Wildman–Crippen LogP) is 1.73. The number of aromatic nitrogens is 1. The van der Waals surface area contributed by atoms with Crippen LogP contribution < -0.4 is 10.1 Å². The fourth-order valence-corrected chi connectivity index (χ4v) is 1.59. The molecule has 0 unspecified atom stereocenters. The molecule has 5 heteroatoms. The second kappa shape index (κ2) is 6.47. The van der Waals surface area contributed by atoms with Crippen molar-refractivity contribution in [2.75, 3.05) is 6.54 Å². The number of rotatable bonds is 4. The molecule has 2 rings (SSSR count). The second-order valence-corrected chi connectivity index (χ2v) is 4.16. The molecule has 1 heterocycles. The van der Waals surface area contributed by atoms with Crippen molar-refractivity contribution >= 4 is 11.9 Å². The molecule has 0 fully saturated rings. The lowest BCUT2D eigenvalue weighted by molar-refractivity contribution is -0.133. The van der Waals surface area contributed by atoms with Gasteiger partial charge in [-0.25, -0.2) is 4.79 Å². The number of nitrogens with zero attached hydrogens (tertiary/aromatic N) is 1. The van der Waals surface area contributed by atoms with E-state index in [2.05, 4.69) is 10.3 Å². The van der Waals surface area contributed by atoms with Crippen LogP contribution in [0.4, 0.5) is 0 Å². The molecule has 0 aliphatic rings. The number of amides is 1. The third kappa shape index (κ3) is 3.65. The van der Waals surface area contributed by atoms with Crippen molar-refractivity contribution in [3.8, 4) is 5.75 Å². The molecule has 1 amide bonds. The van der Waals surface area contributed by atoms with Gasteiger partial charge in [-0.1, -0.05) is 18.2 Å². The van der Waals surface area contributed by atoms with Crippen molar-refractivity contribution in [2.24, 2.45) is 0 Å². The van der Waals surface area contributed by atoms with Crippen molar-refractivity contribution in [2.45, 2.75) is 6.92 Å². The molecule has 0 saturated heterocycles. The van der Waals surface area contributed by atoms with Crippen molar-refractivity contribution in [1.29, 1.82) is 0 Å². The van der Waals surface area contributed by atoms with E-state index in [1.54, 1.807) is 24.3 Å². The monoisotopic (exact) mass is 270 g/mol. The van der Waals surface area contributed by atoms with Gasteiger partial charge in [0.05, 0.1) is 0 Å². The number of carbonyl (C=O) groups is 2. The van der Waals surface area contributed by atoms with Crippen LogP contribution in [0.1, 0.15) is 15.9 Å². The molecule has 0 spiro atoms. The summed E-state index contributed by atoms with van der Waals surface area (Å²) in [6, 6.07) is 10.3. The number of hydrogen-bond acceptors (Lipinski definition) is 4. The number of pyridine rings is 1. The van der Waals surface area contributed by atoms with Gasteiger partial charge in [0.15, 0.2) is 0 Å². The molecule has 0 saturated carbocycles. The van der Waals surface area contributed by atoms with Gasteiger partial charge in [0.1, 0.15) is 12.3 Å². The summed E-state index contributed by atoms with van der Waals surface area (Å²) in [6.45, 7) is 1.66. The highest BCUT2D eigenvalue weighted by atomic mass is 16.5. The molecule has 0 atom stereocenters. The van der Waals surface area contributed by atoms with E-state index in [-0.39, 0.29) is 12.5 Å². The molecule has 0 aliphatic carbocycles. The van der Waals surface area contributed by atoms with Gasteiger partial charge in [-0.2, -0.15) is 0 Å². The topological polar surface area (TPSA) is 68.3 Å². The van der Waals surface area contributed by atoms with E-state index in [9.17, 15) is 9.59 Å². The van der Waals surface area contributed by atoms with Crippen LogP contribution in [0.2, 0.25) is 0 Å². The number of carbonyl (C=O) groups excluding carboxylic acids is 2. The van der Waals surface area contributed by atoms with Gasteiger partial charge in [0.25, 0.3) is 5.91 Å². The minimum absolute atomic E-state index is 0.185. The van der Waals surface area contributed by atoms with Crippen molar-refractivity contribution in [3.63, 3.8) is 0 Å². The molecule has 5 nitrogen and oxygen atoms in total. The molecule has 1 N–H and O–H groups in total. The lowest BCUT2D eigenvalue weighted by Crippen LogP contribution is -2.31. The average Bonchev–Trinajstić information content (AvgIpc) is 2.48. The Bertz CT molecular complexity index is 612. The Balaban J connectivity index is 1.87. The van der Waals surface area contributed by atoms with Crippen molar-refractivity contribution in [3.05, 3.63) is 59.9 Å². The minimum Gasteiger partial charge on any atom is -0.425 e. The van der Waals surface area contributed by atoms with Gasteiger partial charge in [-0.3, -0.25) is 9.78 Å². The maximum atomic E-state index is 11.7. The van der Waals surface area contributed by atoms with Gasteiger partial charge in [0.2, 0.25) is 0 Å². The average molecular weight is 270 g/mol. The number of para-hydroxylation sites is 1. The Kier molecular flexibility index (Phi) is 4.44. The maximum Gasteiger partial charge on any atom is 0.330 e. The van der Waals surface area contributed by atoms with Crippen LogP contribution in [0.25, 0.3) is 0 Å². The lowest BCUT2D eigenvalue weighted by Gasteiger charge is -2.08. The lowest BCUT2D eigenvalue weighted by atomic mass is 10.2. The third-order valence-electron chi connectivity index (χ3n) is 2.65. The molecule has 2 aromatic rings. The number of hydrogen-bond donors (Lipinski definition) is 1. The first-order valence-corrected chi connectivity index (χ1v) is 6.11. The van der Waals surface area contributed by atoms with Gasteiger partial charge < -0.3 is 10.1 Å². The number of aryl methyl sites for hydroxylation is 1. The smallest absolute Gasteiger partial charge is 0.330 e. The Labute approximate surface area is 116 Å². The maximum absolute atomic E-state index is 11.7. The van der Waals surface area contributed by atoms with Gasteiger partial charge >= 0.3 is 5.97 Å². The zero-order chi connectivity index (χ0) is 14.4. The summed E-state index contributed by atoms with van der Waals surface area (Å²) in [7, 11) is 0. The Morgan fingerprint density at radius 2 is 1.85 bits per heavy atom. The number of esters is 1. The highest BCUT2D eigenvalue weighted by Crippen LogP contribution is 2.15. The SMILES string of the molecule is Cc1ccccc1OC(=O)CNC(=O)c1ccncc1. The first kappa shape index (κ1) is 13.7. The van der Waals surface area contributed by atoms with E-state index in [1.807, 2.05) is 19.1 Å². The van der Waals surface area contributed by atoms with Crippen LogP contribution in [0.15, 0.2) is 48.8 Å². The minimum atomic E-state index is -0.512. The quantitative estimate of drug-likeness (QED) is 0.678. The summed E-state index contributed by atoms with van der Waals surface area (Å²) in [5.41, 5.74) is 1.31. The van der Waals surface area contributed by atoms with Crippen molar-refractivity contribution < 1.29 is 14.3 Å². The van der Waals surface area contributed by atoms with E-state index in [1.165, 1.54) is 12.4 Å². The number of ether oxygens (including phenoxy) is 1. The van der Waals surface area contributed by atoms with Crippen LogP contribution in [-0.4, -0.2) is 23.4 Å². The predicted molar refractivity (Wildman–Crippen MR) is 73.4 cm³/mol. The molecular formula is C15H14N2O3. The number of benzene rings is 1. The van der Waals surface area contributed by atoms with Crippen LogP contribution in [-0.2, 0) is 4.79 Å². The summed E-state index contributed by atoms with van der Waals surface area (Å²) in [5.74, 6) is -0.355. The van der Waals surface area contributed by atoms with Crippen molar-refractivity contribution in [1.82, 2.24) is 10.3 Å². The highest BCUT2D eigenvalue weighted by molar-refractivity contribution is 5.95. The Morgan fingerprint density at radius 3 is 2.55 bits per heavy atom. The van der Waals surface area contributed by atoms with Gasteiger partial charge in [0, 0.05) is 18.0 Å². The summed E-state index contributed by atoms with van der Waals surface area (Å²) < 4.78 is 5.17. The Hall–Kier alpha value is -2.69. The van der Waals surface area contributed by atoms with Crippen LogP contribution >= 0.6 is 0 Å². The normalized spacial score (nSPS) is 9.85. The number of nitrogens with one attached hydrogen (secondary N) is 1. The van der Waals surface area contributed by atoms with Crippen LogP contribution in [0.3, 0.4) is 0 Å². The van der Waals surface area contributed by atoms with Crippen LogP contribution in [0.5, 0.6) is 5.75 Å². The third-order valence-corrected chi connectivity index (χ3v) is 2.65. The first-order chi connectivity index (χ1) is 9.66. The molecular weight excluding hydrogens is 256 g/mol.